The molecule has 0 bridgehead atoms. The van der Waals surface area contributed by atoms with Crippen LogP contribution in [0.15, 0.2) is 0 Å². The third kappa shape index (κ3) is 7.38. The highest BCUT2D eigenvalue weighted by Gasteiger charge is 2.20. The number of rotatable bonds is 10. The second kappa shape index (κ2) is 10.8. The van der Waals surface area contributed by atoms with Crippen molar-refractivity contribution in [2.75, 3.05) is 13.2 Å². The van der Waals surface area contributed by atoms with E-state index in [4.69, 9.17) is 10.2 Å². The van der Waals surface area contributed by atoms with Crippen LogP contribution in [0.1, 0.15) is 77.0 Å². The van der Waals surface area contributed by atoms with Crippen molar-refractivity contribution in [2.45, 2.75) is 77.0 Å². The van der Waals surface area contributed by atoms with E-state index in [1.807, 2.05) is 0 Å². The van der Waals surface area contributed by atoms with Crippen LogP contribution < -0.4 is 0 Å². The summed E-state index contributed by atoms with van der Waals surface area (Å²) in [5, 5.41) is 17.5. The summed E-state index contributed by atoms with van der Waals surface area (Å²) in [6, 6.07) is 0. The van der Waals surface area contributed by atoms with Gasteiger partial charge in [0, 0.05) is 13.2 Å². The first-order valence-corrected chi connectivity index (χ1v) is 8.08. The standard InChI is InChI=1S/C16H32O2/c17-13-5-1-3-7-15-9-11-16(12-10-15)8-4-2-6-14-18/h15-18H,1-14H2. The molecular weight excluding hydrogens is 224 g/mol. The van der Waals surface area contributed by atoms with Crippen molar-refractivity contribution in [3.05, 3.63) is 0 Å². The van der Waals surface area contributed by atoms with E-state index in [0.717, 1.165) is 24.7 Å². The third-order valence-corrected chi connectivity index (χ3v) is 4.51. The molecule has 2 nitrogen and oxygen atoms in total. The van der Waals surface area contributed by atoms with Crippen molar-refractivity contribution >= 4 is 0 Å². The topological polar surface area (TPSA) is 40.5 Å². The highest BCUT2D eigenvalue weighted by atomic mass is 16.3. The summed E-state index contributed by atoms with van der Waals surface area (Å²) in [6.45, 7) is 0.723. The Morgan fingerprint density at radius 2 is 0.944 bits per heavy atom. The molecule has 2 heteroatoms. The van der Waals surface area contributed by atoms with Gasteiger partial charge in [-0.1, -0.05) is 64.2 Å². The molecule has 0 saturated heterocycles. The minimum Gasteiger partial charge on any atom is -0.396 e. The van der Waals surface area contributed by atoms with Crippen molar-refractivity contribution in [3.8, 4) is 0 Å². The Morgan fingerprint density at radius 1 is 0.556 bits per heavy atom. The van der Waals surface area contributed by atoms with Crippen LogP contribution in [0.3, 0.4) is 0 Å². The van der Waals surface area contributed by atoms with E-state index in [-0.39, 0.29) is 0 Å². The predicted molar refractivity (Wildman–Crippen MR) is 76.6 cm³/mol. The van der Waals surface area contributed by atoms with Crippen LogP contribution in [0.25, 0.3) is 0 Å². The molecule has 0 aliphatic heterocycles. The van der Waals surface area contributed by atoms with Gasteiger partial charge in [0.15, 0.2) is 0 Å². The van der Waals surface area contributed by atoms with Crippen molar-refractivity contribution < 1.29 is 10.2 Å². The molecule has 18 heavy (non-hydrogen) atoms. The Hall–Kier alpha value is -0.0800. The van der Waals surface area contributed by atoms with Crippen molar-refractivity contribution in [1.29, 1.82) is 0 Å². The quantitative estimate of drug-likeness (QED) is 0.582. The lowest BCUT2D eigenvalue weighted by Crippen LogP contribution is -2.14. The predicted octanol–water partition coefficient (Wildman–Crippen LogP) is 3.90. The Bertz CT molecular complexity index is 154. The van der Waals surface area contributed by atoms with E-state index in [9.17, 15) is 0 Å². The lowest BCUT2D eigenvalue weighted by Gasteiger charge is -2.28. The Balaban J connectivity index is 1.95. The van der Waals surface area contributed by atoms with Gasteiger partial charge in [0.25, 0.3) is 0 Å². The Kier molecular flexibility index (Phi) is 9.59. The van der Waals surface area contributed by atoms with Crippen LogP contribution in [-0.2, 0) is 0 Å². The average Bonchev–Trinajstić information content (AvgIpc) is 2.41. The fraction of sp³-hybridized carbons (Fsp3) is 1.00. The zero-order valence-corrected chi connectivity index (χ0v) is 11.9. The molecule has 1 aliphatic rings. The molecule has 1 fully saturated rings. The fourth-order valence-electron chi connectivity index (χ4n) is 3.25. The molecule has 2 N–H and O–H groups in total. The number of aliphatic hydroxyl groups is 2. The first-order chi connectivity index (χ1) is 8.86. The monoisotopic (exact) mass is 256 g/mol. The summed E-state index contributed by atoms with van der Waals surface area (Å²) < 4.78 is 0. The van der Waals surface area contributed by atoms with Crippen LogP contribution in [0.5, 0.6) is 0 Å². The molecule has 0 unspecified atom stereocenters. The van der Waals surface area contributed by atoms with E-state index in [1.165, 1.54) is 64.2 Å². The van der Waals surface area contributed by atoms with Gasteiger partial charge in [-0.25, -0.2) is 0 Å². The molecule has 0 atom stereocenters. The largest absolute Gasteiger partial charge is 0.396 e. The molecule has 108 valence electrons. The zero-order chi connectivity index (χ0) is 13.1. The lowest BCUT2D eigenvalue weighted by atomic mass is 9.78. The van der Waals surface area contributed by atoms with Crippen LogP contribution in [0.2, 0.25) is 0 Å². The van der Waals surface area contributed by atoms with Crippen LogP contribution >= 0.6 is 0 Å². The minimum absolute atomic E-state index is 0.362. The van der Waals surface area contributed by atoms with Crippen molar-refractivity contribution in [3.63, 3.8) is 0 Å². The average molecular weight is 256 g/mol. The maximum atomic E-state index is 8.74. The van der Waals surface area contributed by atoms with E-state index in [1.54, 1.807) is 0 Å². The van der Waals surface area contributed by atoms with E-state index in [0.29, 0.717) is 13.2 Å². The molecule has 1 saturated carbocycles. The molecule has 1 rings (SSSR count). The van der Waals surface area contributed by atoms with Crippen LogP contribution in [0, 0.1) is 11.8 Å². The third-order valence-electron chi connectivity index (χ3n) is 4.51. The Labute approximate surface area is 113 Å². The van der Waals surface area contributed by atoms with Gasteiger partial charge in [0.2, 0.25) is 0 Å². The van der Waals surface area contributed by atoms with E-state index < -0.39 is 0 Å². The summed E-state index contributed by atoms with van der Waals surface area (Å²) in [5.41, 5.74) is 0. The van der Waals surface area contributed by atoms with Crippen LogP contribution in [0.4, 0.5) is 0 Å². The molecule has 0 aromatic rings. The van der Waals surface area contributed by atoms with E-state index >= 15 is 0 Å². The van der Waals surface area contributed by atoms with Crippen molar-refractivity contribution in [2.24, 2.45) is 11.8 Å². The number of aliphatic hydroxyl groups excluding tert-OH is 2. The molecule has 0 heterocycles. The normalized spacial score (nSPS) is 24.3. The molecule has 0 radical (unpaired) electrons. The summed E-state index contributed by atoms with van der Waals surface area (Å²) in [6.07, 6.45) is 15.5. The molecule has 1 aliphatic carbocycles. The number of hydrogen-bond acceptors (Lipinski definition) is 2. The first-order valence-electron chi connectivity index (χ1n) is 8.08. The van der Waals surface area contributed by atoms with E-state index in [2.05, 4.69) is 0 Å². The van der Waals surface area contributed by atoms with Gasteiger partial charge >= 0.3 is 0 Å². The molecule has 0 spiro atoms. The SMILES string of the molecule is OCCCCCC1CCC(CCCCCO)CC1. The van der Waals surface area contributed by atoms with Gasteiger partial charge in [-0.05, 0) is 24.7 Å². The molecular formula is C16H32O2. The van der Waals surface area contributed by atoms with Gasteiger partial charge in [-0.2, -0.15) is 0 Å². The maximum Gasteiger partial charge on any atom is 0.0431 e. The van der Waals surface area contributed by atoms with Gasteiger partial charge in [-0.15, -0.1) is 0 Å². The molecule has 0 aromatic carbocycles. The fourth-order valence-corrected chi connectivity index (χ4v) is 3.25. The molecule has 0 amide bonds. The maximum absolute atomic E-state index is 8.74. The smallest absolute Gasteiger partial charge is 0.0431 e. The van der Waals surface area contributed by atoms with Crippen molar-refractivity contribution in [1.82, 2.24) is 0 Å². The highest BCUT2D eigenvalue weighted by molar-refractivity contribution is 4.72. The first kappa shape index (κ1) is 16.0. The summed E-state index contributed by atoms with van der Waals surface area (Å²) in [5.74, 6) is 1.94. The highest BCUT2D eigenvalue weighted by Crippen LogP contribution is 2.34. The summed E-state index contributed by atoms with van der Waals surface area (Å²) >= 11 is 0. The minimum atomic E-state index is 0.362. The lowest BCUT2D eigenvalue weighted by molar-refractivity contribution is 0.235. The van der Waals surface area contributed by atoms with Gasteiger partial charge in [-0.3, -0.25) is 0 Å². The van der Waals surface area contributed by atoms with Gasteiger partial charge in [0.1, 0.15) is 0 Å². The van der Waals surface area contributed by atoms with Crippen LogP contribution in [-0.4, -0.2) is 23.4 Å². The molecule has 0 aromatic heterocycles. The van der Waals surface area contributed by atoms with Gasteiger partial charge < -0.3 is 10.2 Å². The number of unbranched alkanes of at least 4 members (excludes halogenated alkanes) is 4. The number of hydrogen-bond donors (Lipinski definition) is 2. The zero-order valence-electron chi connectivity index (χ0n) is 11.9. The van der Waals surface area contributed by atoms with Gasteiger partial charge in [0.05, 0.1) is 0 Å². The Morgan fingerprint density at radius 3 is 1.28 bits per heavy atom. The summed E-state index contributed by atoms with van der Waals surface area (Å²) in [7, 11) is 0. The second-order valence-corrected chi connectivity index (χ2v) is 6.03. The summed E-state index contributed by atoms with van der Waals surface area (Å²) in [4.78, 5) is 0. The second-order valence-electron chi connectivity index (χ2n) is 6.03.